The van der Waals surface area contributed by atoms with Crippen LogP contribution >= 0.6 is 0 Å². The van der Waals surface area contributed by atoms with Crippen LogP contribution in [-0.2, 0) is 19.5 Å². The molecule has 0 saturated heterocycles. The van der Waals surface area contributed by atoms with E-state index in [2.05, 4.69) is 44.3 Å². The van der Waals surface area contributed by atoms with E-state index in [1.54, 1.807) is 10.8 Å². The highest BCUT2D eigenvalue weighted by atomic mass is 16.6. The second-order valence-corrected chi connectivity index (χ2v) is 7.46. The first-order valence-electron chi connectivity index (χ1n) is 10.1. The summed E-state index contributed by atoms with van der Waals surface area (Å²) in [7, 11) is 0. The largest absolute Gasteiger partial charge is 0.484 e. The average Bonchev–Trinajstić information content (AvgIpc) is 3.04. The molecule has 1 atom stereocenters. The van der Waals surface area contributed by atoms with Crippen LogP contribution in [0, 0.1) is 0 Å². The molecule has 2 aliphatic heterocycles. The van der Waals surface area contributed by atoms with E-state index in [1.165, 1.54) is 5.56 Å². The van der Waals surface area contributed by atoms with Gasteiger partial charge in [0, 0.05) is 38.8 Å². The number of pyridine rings is 1. The maximum absolute atomic E-state index is 11.0. The van der Waals surface area contributed by atoms with E-state index in [1.807, 2.05) is 12.1 Å². The fourth-order valence-electron chi connectivity index (χ4n) is 3.83. The van der Waals surface area contributed by atoms with Crippen LogP contribution < -0.4 is 19.9 Å². The number of benzene rings is 1. The van der Waals surface area contributed by atoms with Crippen LogP contribution in [0.1, 0.15) is 23.1 Å². The lowest BCUT2D eigenvalue weighted by atomic mass is 10.1. The summed E-state index contributed by atoms with van der Waals surface area (Å²) >= 11 is 0. The predicted molar refractivity (Wildman–Crippen MR) is 109 cm³/mol. The number of amides is 1. The van der Waals surface area contributed by atoms with Gasteiger partial charge in [0.1, 0.15) is 12.4 Å². The SMILES string of the molecule is NC(=O)Oc1nnc2n1CCN(Cc1ccc([C@H]3COc4cccnc4O3)cc1)CC2. The Morgan fingerprint density at radius 1 is 1.16 bits per heavy atom. The quantitative estimate of drug-likeness (QED) is 0.675. The van der Waals surface area contributed by atoms with E-state index in [0.717, 1.165) is 31.0 Å². The third-order valence-corrected chi connectivity index (χ3v) is 5.41. The summed E-state index contributed by atoms with van der Waals surface area (Å²) in [5.41, 5.74) is 7.35. The van der Waals surface area contributed by atoms with Crippen LogP contribution in [0.3, 0.4) is 0 Å². The number of carbonyl (C=O) groups is 1. The lowest BCUT2D eigenvalue weighted by molar-refractivity contribution is 0.0851. The van der Waals surface area contributed by atoms with Gasteiger partial charge in [-0.05, 0) is 23.3 Å². The smallest absolute Gasteiger partial charge is 0.412 e. The zero-order chi connectivity index (χ0) is 21.2. The molecule has 4 heterocycles. The second kappa shape index (κ2) is 8.23. The minimum Gasteiger partial charge on any atom is -0.484 e. The predicted octanol–water partition coefficient (Wildman–Crippen LogP) is 1.70. The molecule has 0 bridgehead atoms. The molecule has 10 nitrogen and oxygen atoms in total. The molecule has 0 aliphatic carbocycles. The minimum absolute atomic E-state index is 0.152. The van der Waals surface area contributed by atoms with Crippen molar-refractivity contribution in [3.63, 3.8) is 0 Å². The monoisotopic (exact) mass is 422 g/mol. The van der Waals surface area contributed by atoms with Crippen molar-refractivity contribution in [1.82, 2.24) is 24.6 Å². The van der Waals surface area contributed by atoms with E-state index in [4.69, 9.17) is 19.9 Å². The number of rotatable bonds is 4. The van der Waals surface area contributed by atoms with Gasteiger partial charge in [-0.25, -0.2) is 9.78 Å². The number of hydrogen-bond donors (Lipinski definition) is 1. The molecule has 160 valence electrons. The Morgan fingerprint density at radius 3 is 2.87 bits per heavy atom. The third kappa shape index (κ3) is 4.15. The Hall–Kier alpha value is -3.66. The normalized spacial score (nSPS) is 18.1. The summed E-state index contributed by atoms with van der Waals surface area (Å²) < 4.78 is 18.5. The van der Waals surface area contributed by atoms with Gasteiger partial charge in [-0.15, -0.1) is 5.10 Å². The summed E-state index contributed by atoms with van der Waals surface area (Å²) in [6, 6.07) is 12.2. The Morgan fingerprint density at radius 2 is 2.03 bits per heavy atom. The number of primary amides is 1. The van der Waals surface area contributed by atoms with Gasteiger partial charge < -0.3 is 19.9 Å². The van der Waals surface area contributed by atoms with Crippen molar-refractivity contribution in [2.75, 3.05) is 19.7 Å². The molecule has 5 rings (SSSR count). The molecule has 0 fully saturated rings. The minimum atomic E-state index is -0.886. The number of ether oxygens (including phenoxy) is 3. The lowest BCUT2D eigenvalue weighted by Gasteiger charge is -2.26. The van der Waals surface area contributed by atoms with Crippen LogP contribution in [0.5, 0.6) is 17.6 Å². The first kappa shape index (κ1) is 19.3. The number of aromatic nitrogens is 4. The summed E-state index contributed by atoms with van der Waals surface area (Å²) in [6.07, 6.45) is 1.35. The molecule has 2 aromatic heterocycles. The zero-order valence-electron chi connectivity index (χ0n) is 16.8. The van der Waals surface area contributed by atoms with E-state index in [-0.39, 0.29) is 12.1 Å². The number of nitrogens with two attached hydrogens (primary N) is 1. The maximum atomic E-state index is 11.0. The highest BCUT2D eigenvalue weighted by molar-refractivity contribution is 5.67. The second-order valence-electron chi connectivity index (χ2n) is 7.46. The fraction of sp³-hybridized carbons (Fsp3) is 0.333. The number of hydrogen-bond acceptors (Lipinski definition) is 8. The Kier molecular flexibility index (Phi) is 5.13. The standard InChI is InChI=1S/C21H22N6O4/c22-20(28)31-21-25-24-18-7-9-26(10-11-27(18)21)12-14-3-5-15(6-4-14)17-13-29-16-2-1-8-23-19(16)30-17/h1-6,8,17H,7,9-13H2,(H2,22,28)/t17-/m1/s1. The first-order valence-corrected chi connectivity index (χ1v) is 10.1. The van der Waals surface area contributed by atoms with Crippen molar-refractivity contribution in [3.8, 4) is 17.6 Å². The third-order valence-electron chi connectivity index (χ3n) is 5.41. The average molecular weight is 422 g/mol. The van der Waals surface area contributed by atoms with Gasteiger partial charge in [-0.1, -0.05) is 29.4 Å². The van der Waals surface area contributed by atoms with Crippen molar-refractivity contribution >= 4 is 6.09 Å². The first-order chi connectivity index (χ1) is 15.2. The molecule has 0 spiro atoms. The number of carbonyl (C=O) groups excluding carboxylic acids is 1. The van der Waals surface area contributed by atoms with Crippen molar-refractivity contribution in [2.45, 2.75) is 25.6 Å². The number of fused-ring (bicyclic) bond motifs is 2. The molecule has 0 radical (unpaired) electrons. The summed E-state index contributed by atoms with van der Waals surface area (Å²) in [5.74, 6) is 1.99. The van der Waals surface area contributed by atoms with Gasteiger partial charge in [-0.2, -0.15) is 0 Å². The van der Waals surface area contributed by atoms with Crippen LogP contribution in [0.15, 0.2) is 42.6 Å². The van der Waals surface area contributed by atoms with E-state index in [0.29, 0.717) is 31.2 Å². The van der Waals surface area contributed by atoms with Gasteiger partial charge in [-0.3, -0.25) is 9.47 Å². The van der Waals surface area contributed by atoms with Crippen LogP contribution in [0.25, 0.3) is 0 Å². The Labute approximate surface area is 178 Å². The summed E-state index contributed by atoms with van der Waals surface area (Å²) in [5, 5.41) is 8.02. The molecule has 3 aromatic rings. The van der Waals surface area contributed by atoms with Crippen LogP contribution in [0.2, 0.25) is 0 Å². The van der Waals surface area contributed by atoms with Gasteiger partial charge >= 0.3 is 12.1 Å². The molecule has 2 aliphatic rings. The fourth-order valence-corrected chi connectivity index (χ4v) is 3.83. The summed E-state index contributed by atoms with van der Waals surface area (Å²) in [4.78, 5) is 17.6. The molecule has 0 saturated carbocycles. The van der Waals surface area contributed by atoms with Crippen molar-refractivity contribution in [1.29, 1.82) is 0 Å². The van der Waals surface area contributed by atoms with Gasteiger partial charge in [0.15, 0.2) is 11.9 Å². The molecule has 1 amide bonds. The van der Waals surface area contributed by atoms with E-state index in [9.17, 15) is 4.79 Å². The topological polar surface area (TPSA) is 118 Å². The molecule has 0 unspecified atom stereocenters. The van der Waals surface area contributed by atoms with Crippen molar-refractivity contribution in [3.05, 3.63) is 59.5 Å². The highest BCUT2D eigenvalue weighted by Crippen LogP contribution is 2.34. The molecule has 2 N–H and O–H groups in total. The molecular formula is C21H22N6O4. The van der Waals surface area contributed by atoms with Crippen molar-refractivity contribution < 1.29 is 19.0 Å². The molecule has 10 heteroatoms. The van der Waals surface area contributed by atoms with Gasteiger partial charge in [0.25, 0.3) is 5.88 Å². The summed E-state index contributed by atoms with van der Waals surface area (Å²) in [6.45, 7) is 3.50. The van der Waals surface area contributed by atoms with Crippen LogP contribution in [-0.4, -0.2) is 50.4 Å². The van der Waals surface area contributed by atoms with E-state index < -0.39 is 6.09 Å². The maximum Gasteiger partial charge on any atom is 0.412 e. The van der Waals surface area contributed by atoms with E-state index >= 15 is 0 Å². The molecular weight excluding hydrogens is 400 g/mol. The Balaban J connectivity index is 1.21. The zero-order valence-corrected chi connectivity index (χ0v) is 16.8. The lowest BCUT2D eigenvalue weighted by Crippen LogP contribution is -2.27. The molecule has 31 heavy (non-hydrogen) atoms. The van der Waals surface area contributed by atoms with Crippen molar-refractivity contribution in [2.24, 2.45) is 5.73 Å². The highest BCUT2D eigenvalue weighted by Gasteiger charge is 2.24. The Bertz CT molecular complexity index is 1080. The van der Waals surface area contributed by atoms with Gasteiger partial charge in [0.2, 0.25) is 0 Å². The van der Waals surface area contributed by atoms with Crippen LogP contribution in [0.4, 0.5) is 4.79 Å². The number of nitrogens with zero attached hydrogens (tertiary/aromatic N) is 5. The van der Waals surface area contributed by atoms with Gasteiger partial charge in [0.05, 0.1) is 0 Å². The molecule has 1 aromatic carbocycles.